The van der Waals surface area contributed by atoms with Crippen molar-refractivity contribution in [3.8, 4) is 0 Å². The van der Waals surface area contributed by atoms with Crippen molar-refractivity contribution in [2.45, 2.75) is 25.7 Å². The van der Waals surface area contributed by atoms with E-state index in [2.05, 4.69) is 35.2 Å². The zero-order chi connectivity index (χ0) is 13.7. The van der Waals surface area contributed by atoms with Crippen LogP contribution in [0.25, 0.3) is 0 Å². The standard InChI is InChI=1S/C16H22N2O/c1-13(17)11-16(19)12-18-9-7-15(8-10-18)14-5-3-2-4-6-14/h2-6,11,15H,7-10,12,17H2,1H3. The molecule has 102 valence electrons. The minimum atomic E-state index is 0.109. The number of carbonyl (C=O) groups is 1. The summed E-state index contributed by atoms with van der Waals surface area (Å²) >= 11 is 0. The van der Waals surface area contributed by atoms with E-state index in [-0.39, 0.29) is 5.78 Å². The molecule has 0 spiro atoms. The molecule has 1 aliphatic heterocycles. The molecule has 0 amide bonds. The van der Waals surface area contributed by atoms with Crippen molar-refractivity contribution in [2.24, 2.45) is 5.73 Å². The first-order valence-corrected chi connectivity index (χ1v) is 6.89. The number of allylic oxidation sites excluding steroid dienone is 1. The number of likely N-dealkylation sites (tertiary alicyclic amines) is 1. The summed E-state index contributed by atoms with van der Waals surface area (Å²) in [6.07, 6.45) is 3.79. The highest BCUT2D eigenvalue weighted by Crippen LogP contribution is 2.27. The number of hydrogen-bond acceptors (Lipinski definition) is 3. The molecule has 0 unspecified atom stereocenters. The smallest absolute Gasteiger partial charge is 0.171 e. The van der Waals surface area contributed by atoms with Crippen LogP contribution in [0.5, 0.6) is 0 Å². The molecule has 3 heteroatoms. The Hall–Kier alpha value is -1.61. The van der Waals surface area contributed by atoms with E-state index in [1.54, 1.807) is 6.92 Å². The van der Waals surface area contributed by atoms with Crippen LogP contribution >= 0.6 is 0 Å². The van der Waals surface area contributed by atoms with Crippen molar-refractivity contribution >= 4 is 5.78 Å². The van der Waals surface area contributed by atoms with Crippen LogP contribution in [-0.2, 0) is 4.79 Å². The summed E-state index contributed by atoms with van der Waals surface area (Å²) in [4.78, 5) is 13.9. The Labute approximate surface area is 115 Å². The van der Waals surface area contributed by atoms with E-state index < -0.39 is 0 Å². The zero-order valence-corrected chi connectivity index (χ0v) is 11.5. The number of benzene rings is 1. The van der Waals surface area contributed by atoms with Crippen molar-refractivity contribution in [2.75, 3.05) is 19.6 Å². The Morgan fingerprint density at radius 1 is 1.32 bits per heavy atom. The van der Waals surface area contributed by atoms with E-state index in [0.29, 0.717) is 18.2 Å². The summed E-state index contributed by atoms with van der Waals surface area (Å²) in [6, 6.07) is 10.6. The fourth-order valence-corrected chi connectivity index (χ4v) is 2.67. The Balaban J connectivity index is 1.83. The first-order valence-electron chi connectivity index (χ1n) is 6.89. The van der Waals surface area contributed by atoms with E-state index >= 15 is 0 Å². The molecule has 0 aliphatic carbocycles. The van der Waals surface area contributed by atoms with Gasteiger partial charge in [0.05, 0.1) is 6.54 Å². The zero-order valence-electron chi connectivity index (χ0n) is 11.5. The number of ketones is 1. The third-order valence-electron chi connectivity index (χ3n) is 3.63. The van der Waals surface area contributed by atoms with Gasteiger partial charge in [0.15, 0.2) is 5.78 Å². The lowest BCUT2D eigenvalue weighted by atomic mass is 9.89. The summed E-state index contributed by atoms with van der Waals surface area (Å²) in [5.41, 5.74) is 7.53. The summed E-state index contributed by atoms with van der Waals surface area (Å²) in [5.74, 6) is 0.748. The maximum absolute atomic E-state index is 11.7. The Bertz CT molecular complexity index is 441. The molecule has 0 aromatic heterocycles. The molecule has 0 radical (unpaired) electrons. The topological polar surface area (TPSA) is 46.3 Å². The third kappa shape index (κ3) is 4.21. The van der Waals surface area contributed by atoms with E-state index in [9.17, 15) is 4.79 Å². The first-order chi connectivity index (χ1) is 9.15. The van der Waals surface area contributed by atoms with E-state index in [4.69, 9.17) is 5.73 Å². The lowest BCUT2D eigenvalue weighted by Crippen LogP contribution is -2.36. The fourth-order valence-electron chi connectivity index (χ4n) is 2.67. The highest BCUT2D eigenvalue weighted by molar-refractivity contribution is 5.91. The second-order valence-corrected chi connectivity index (χ2v) is 5.32. The second-order valence-electron chi connectivity index (χ2n) is 5.32. The van der Waals surface area contributed by atoms with Gasteiger partial charge in [0, 0.05) is 11.8 Å². The molecule has 1 aliphatic rings. The quantitative estimate of drug-likeness (QED) is 0.843. The summed E-state index contributed by atoms with van der Waals surface area (Å²) in [5, 5.41) is 0. The molecule has 2 N–H and O–H groups in total. The number of rotatable bonds is 4. The molecule has 1 aromatic rings. The summed E-state index contributed by atoms with van der Waals surface area (Å²) in [7, 11) is 0. The average molecular weight is 258 g/mol. The van der Waals surface area contributed by atoms with Crippen LogP contribution in [0.1, 0.15) is 31.2 Å². The van der Waals surface area contributed by atoms with E-state index in [1.165, 1.54) is 11.6 Å². The van der Waals surface area contributed by atoms with Crippen molar-refractivity contribution in [1.82, 2.24) is 4.90 Å². The van der Waals surface area contributed by atoms with Gasteiger partial charge >= 0.3 is 0 Å². The van der Waals surface area contributed by atoms with Crippen LogP contribution in [0.3, 0.4) is 0 Å². The highest BCUT2D eigenvalue weighted by atomic mass is 16.1. The van der Waals surface area contributed by atoms with Gasteiger partial charge in [-0.1, -0.05) is 30.3 Å². The van der Waals surface area contributed by atoms with Gasteiger partial charge in [-0.2, -0.15) is 0 Å². The molecule has 1 aromatic carbocycles. The van der Waals surface area contributed by atoms with Crippen molar-refractivity contribution in [3.05, 3.63) is 47.7 Å². The average Bonchev–Trinajstić information content (AvgIpc) is 2.39. The maximum Gasteiger partial charge on any atom is 0.171 e. The monoisotopic (exact) mass is 258 g/mol. The molecule has 1 fully saturated rings. The predicted octanol–water partition coefficient (Wildman–Crippen LogP) is 2.30. The number of nitrogens with two attached hydrogens (primary N) is 1. The lowest BCUT2D eigenvalue weighted by Gasteiger charge is -2.31. The van der Waals surface area contributed by atoms with Gasteiger partial charge in [-0.05, 0) is 44.3 Å². The fraction of sp³-hybridized carbons (Fsp3) is 0.438. The molecular weight excluding hydrogens is 236 g/mol. The van der Waals surface area contributed by atoms with Crippen molar-refractivity contribution in [3.63, 3.8) is 0 Å². The SMILES string of the molecule is CC(N)=CC(=O)CN1CCC(c2ccccc2)CC1. The van der Waals surface area contributed by atoms with E-state index in [1.807, 2.05) is 0 Å². The number of carbonyl (C=O) groups excluding carboxylic acids is 1. The van der Waals surface area contributed by atoms with Gasteiger partial charge in [-0.3, -0.25) is 9.69 Å². The lowest BCUT2D eigenvalue weighted by molar-refractivity contribution is -0.116. The van der Waals surface area contributed by atoms with Crippen molar-refractivity contribution < 1.29 is 4.79 Å². The van der Waals surface area contributed by atoms with Crippen LogP contribution in [-0.4, -0.2) is 30.3 Å². The van der Waals surface area contributed by atoms with Crippen LogP contribution in [0, 0.1) is 0 Å². The minimum absolute atomic E-state index is 0.109. The van der Waals surface area contributed by atoms with E-state index in [0.717, 1.165) is 25.9 Å². The second kappa shape index (κ2) is 6.53. The molecule has 0 atom stereocenters. The van der Waals surface area contributed by atoms with Gasteiger partial charge in [-0.25, -0.2) is 0 Å². The van der Waals surface area contributed by atoms with Crippen LogP contribution < -0.4 is 5.73 Å². The molecule has 0 bridgehead atoms. The molecule has 0 saturated carbocycles. The Morgan fingerprint density at radius 3 is 2.53 bits per heavy atom. The highest BCUT2D eigenvalue weighted by Gasteiger charge is 2.21. The molecule has 1 saturated heterocycles. The number of nitrogens with zero attached hydrogens (tertiary/aromatic N) is 1. The molecule has 2 rings (SSSR count). The van der Waals surface area contributed by atoms with Gasteiger partial charge < -0.3 is 5.73 Å². The Morgan fingerprint density at radius 2 is 1.95 bits per heavy atom. The predicted molar refractivity (Wildman–Crippen MR) is 77.8 cm³/mol. The number of piperidine rings is 1. The summed E-state index contributed by atoms with van der Waals surface area (Å²) in [6.45, 7) is 4.22. The largest absolute Gasteiger partial charge is 0.402 e. The van der Waals surface area contributed by atoms with Gasteiger partial charge in [0.1, 0.15) is 0 Å². The molecule has 1 heterocycles. The summed E-state index contributed by atoms with van der Waals surface area (Å²) < 4.78 is 0. The van der Waals surface area contributed by atoms with Crippen molar-refractivity contribution in [1.29, 1.82) is 0 Å². The Kier molecular flexibility index (Phi) is 4.74. The first kappa shape index (κ1) is 13.8. The maximum atomic E-state index is 11.7. The molecule has 19 heavy (non-hydrogen) atoms. The number of hydrogen-bond donors (Lipinski definition) is 1. The van der Waals surface area contributed by atoms with Crippen LogP contribution in [0.15, 0.2) is 42.1 Å². The molecular formula is C16H22N2O. The van der Waals surface area contributed by atoms with Gasteiger partial charge in [0.25, 0.3) is 0 Å². The van der Waals surface area contributed by atoms with Gasteiger partial charge in [-0.15, -0.1) is 0 Å². The van der Waals surface area contributed by atoms with Crippen LogP contribution in [0.4, 0.5) is 0 Å². The molecule has 3 nitrogen and oxygen atoms in total. The third-order valence-corrected chi connectivity index (χ3v) is 3.63. The van der Waals surface area contributed by atoms with Crippen LogP contribution in [0.2, 0.25) is 0 Å². The van der Waals surface area contributed by atoms with Gasteiger partial charge in [0.2, 0.25) is 0 Å². The normalized spacial score (nSPS) is 18.5. The minimum Gasteiger partial charge on any atom is -0.402 e.